The standard InChI is InChI=1S/C22H23ClN2O4/c1-28-20-9-4-14-13-25(22(27)24-16-7-5-15(23)6-8-16)10-2-3-17(26)11-18-12-19(14)21(20)29-18/h2-9,17-18,26H,10-13H2,1H3,(H,24,27)/b3-2+/t17-,18?/m0/s1. The van der Waals surface area contributed by atoms with Crippen LogP contribution >= 0.6 is 11.6 Å². The van der Waals surface area contributed by atoms with Crippen molar-refractivity contribution < 1.29 is 19.4 Å². The fraction of sp³-hybridized carbons (Fsp3) is 0.318. The Bertz CT molecular complexity index is 929. The first kappa shape index (κ1) is 19.6. The third-order valence-electron chi connectivity index (χ3n) is 5.19. The molecule has 4 rings (SSSR count). The van der Waals surface area contributed by atoms with Gasteiger partial charge < -0.3 is 24.8 Å². The maximum Gasteiger partial charge on any atom is 0.322 e. The fourth-order valence-electron chi connectivity index (χ4n) is 3.73. The SMILES string of the molecule is COc1ccc2c3c1OC(C3)C[C@@H](O)/C=C/CN(C(=O)Nc1ccc(Cl)cc1)C2. The predicted octanol–water partition coefficient (Wildman–Crippen LogP) is 4.01. The zero-order valence-corrected chi connectivity index (χ0v) is 16.9. The summed E-state index contributed by atoms with van der Waals surface area (Å²) in [5.41, 5.74) is 2.72. The monoisotopic (exact) mass is 414 g/mol. The van der Waals surface area contributed by atoms with Gasteiger partial charge in [0.2, 0.25) is 0 Å². The first-order chi connectivity index (χ1) is 14.0. The van der Waals surface area contributed by atoms with Crippen molar-refractivity contribution in [3.63, 3.8) is 0 Å². The summed E-state index contributed by atoms with van der Waals surface area (Å²) in [5, 5.41) is 13.8. The van der Waals surface area contributed by atoms with Gasteiger partial charge in [-0.1, -0.05) is 29.8 Å². The molecule has 2 aliphatic rings. The molecule has 0 spiro atoms. The summed E-state index contributed by atoms with van der Waals surface area (Å²) >= 11 is 5.92. The first-order valence-electron chi connectivity index (χ1n) is 9.55. The zero-order chi connectivity index (χ0) is 20.4. The lowest BCUT2D eigenvalue weighted by Crippen LogP contribution is -2.35. The van der Waals surface area contributed by atoms with Crippen LogP contribution in [-0.4, -0.2) is 41.9 Å². The Morgan fingerprint density at radius 3 is 2.83 bits per heavy atom. The van der Waals surface area contributed by atoms with Crippen LogP contribution in [0.25, 0.3) is 0 Å². The molecule has 0 fully saturated rings. The molecule has 1 unspecified atom stereocenters. The third-order valence-corrected chi connectivity index (χ3v) is 5.44. The Kier molecular flexibility index (Phi) is 5.65. The van der Waals surface area contributed by atoms with Gasteiger partial charge in [0.1, 0.15) is 6.10 Å². The molecule has 6 nitrogen and oxygen atoms in total. The molecule has 2 bridgehead atoms. The number of aliphatic hydroxyl groups is 1. The van der Waals surface area contributed by atoms with E-state index in [2.05, 4.69) is 5.32 Å². The van der Waals surface area contributed by atoms with Crippen LogP contribution < -0.4 is 14.8 Å². The highest BCUT2D eigenvalue weighted by Crippen LogP contribution is 2.41. The van der Waals surface area contributed by atoms with E-state index in [-0.39, 0.29) is 12.1 Å². The molecule has 7 heteroatoms. The van der Waals surface area contributed by atoms with Crippen LogP contribution in [0.5, 0.6) is 11.5 Å². The maximum absolute atomic E-state index is 12.9. The number of amides is 2. The van der Waals surface area contributed by atoms with Gasteiger partial charge in [0.25, 0.3) is 0 Å². The Hall–Kier alpha value is -2.70. The smallest absolute Gasteiger partial charge is 0.322 e. The van der Waals surface area contributed by atoms with Crippen LogP contribution in [0.2, 0.25) is 5.02 Å². The fourth-order valence-corrected chi connectivity index (χ4v) is 3.86. The van der Waals surface area contributed by atoms with Crippen LogP contribution in [0.4, 0.5) is 10.5 Å². The Balaban J connectivity index is 1.63. The average Bonchev–Trinajstić information content (AvgIpc) is 3.11. The van der Waals surface area contributed by atoms with Gasteiger partial charge in [0.05, 0.1) is 13.2 Å². The van der Waals surface area contributed by atoms with Gasteiger partial charge in [0.15, 0.2) is 11.5 Å². The zero-order valence-electron chi connectivity index (χ0n) is 16.1. The number of hydrogen-bond donors (Lipinski definition) is 2. The van der Waals surface area contributed by atoms with Gasteiger partial charge in [-0.05, 0) is 35.9 Å². The summed E-state index contributed by atoms with van der Waals surface area (Å²) in [4.78, 5) is 14.6. The molecule has 0 radical (unpaired) electrons. The van der Waals surface area contributed by atoms with E-state index < -0.39 is 6.10 Å². The summed E-state index contributed by atoms with van der Waals surface area (Å²) in [6, 6.07) is 10.6. The summed E-state index contributed by atoms with van der Waals surface area (Å²) in [7, 11) is 1.61. The highest BCUT2D eigenvalue weighted by atomic mass is 35.5. The lowest BCUT2D eigenvalue weighted by Gasteiger charge is -2.23. The minimum atomic E-state index is -0.636. The molecule has 2 N–H and O–H groups in total. The summed E-state index contributed by atoms with van der Waals surface area (Å²) in [6.45, 7) is 0.797. The van der Waals surface area contributed by atoms with Crippen LogP contribution in [0, 0.1) is 0 Å². The van der Waals surface area contributed by atoms with Crippen LogP contribution in [-0.2, 0) is 13.0 Å². The Morgan fingerprint density at radius 1 is 1.28 bits per heavy atom. The van der Waals surface area contributed by atoms with Crippen molar-refractivity contribution in [2.24, 2.45) is 0 Å². The summed E-state index contributed by atoms with van der Waals surface area (Å²) in [5.74, 6) is 1.38. The van der Waals surface area contributed by atoms with E-state index in [1.165, 1.54) is 0 Å². The second kappa shape index (κ2) is 8.35. The van der Waals surface area contributed by atoms with E-state index >= 15 is 0 Å². The number of hydrogen-bond acceptors (Lipinski definition) is 4. The van der Waals surface area contributed by atoms with Crippen molar-refractivity contribution in [2.75, 3.05) is 19.0 Å². The third kappa shape index (κ3) is 4.33. The van der Waals surface area contributed by atoms with Crippen LogP contribution in [0.3, 0.4) is 0 Å². The summed E-state index contributed by atoms with van der Waals surface area (Å²) in [6.07, 6.45) is 3.96. The van der Waals surface area contributed by atoms with Crippen molar-refractivity contribution >= 4 is 23.3 Å². The second-order valence-corrected chi connectivity index (χ2v) is 7.66. The van der Waals surface area contributed by atoms with Crippen molar-refractivity contribution in [3.05, 3.63) is 64.7 Å². The lowest BCUT2D eigenvalue weighted by atomic mass is 10.00. The normalized spacial score (nSPS) is 21.7. The van der Waals surface area contributed by atoms with E-state index in [0.717, 1.165) is 11.1 Å². The molecule has 2 aromatic rings. The number of halogens is 1. The number of rotatable bonds is 2. The molecule has 0 aliphatic carbocycles. The highest BCUT2D eigenvalue weighted by Gasteiger charge is 2.31. The molecular weight excluding hydrogens is 392 g/mol. The van der Waals surface area contributed by atoms with Gasteiger partial charge >= 0.3 is 6.03 Å². The Labute approximate surface area is 174 Å². The number of urea groups is 1. The van der Waals surface area contributed by atoms with Gasteiger partial charge in [0, 0.05) is 42.2 Å². The topological polar surface area (TPSA) is 71.0 Å². The van der Waals surface area contributed by atoms with E-state index in [9.17, 15) is 9.90 Å². The molecule has 0 saturated carbocycles. The van der Waals surface area contributed by atoms with Crippen LogP contribution in [0.15, 0.2) is 48.6 Å². The largest absolute Gasteiger partial charge is 0.493 e. The van der Waals surface area contributed by atoms with Gasteiger partial charge in [-0.3, -0.25) is 0 Å². The molecule has 0 saturated heterocycles. The van der Waals surface area contributed by atoms with Crippen molar-refractivity contribution in [2.45, 2.75) is 31.6 Å². The number of carbonyl (C=O) groups is 1. The summed E-state index contributed by atoms with van der Waals surface area (Å²) < 4.78 is 11.5. The minimum absolute atomic E-state index is 0.117. The quantitative estimate of drug-likeness (QED) is 0.728. The van der Waals surface area contributed by atoms with E-state index in [4.69, 9.17) is 21.1 Å². The number of methoxy groups -OCH3 is 1. The Morgan fingerprint density at radius 2 is 2.07 bits per heavy atom. The number of aliphatic hydroxyl groups excluding tert-OH is 1. The molecule has 2 aliphatic heterocycles. The van der Waals surface area contributed by atoms with Crippen molar-refractivity contribution in [3.8, 4) is 11.5 Å². The molecule has 2 aromatic carbocycles. The number of nitrogens with zero attached hydrogens (tertiary/aromatic N) is 1. The highest BCUT2D eigenvalue weighted by molar-refractivity contribution is 6.30. The first-order valence-corrected chi connectivity index (χ1v) is 9.93. The van der Waals surface area contributed by atoms with Crippen molar-refractivity contribution in [1.29, 1.82) is 0 Å². The van der Waals surface area contributed by atoms with Crippen LogP contribution in [0.1, 0.15) is 17.5 Å². The lowest BCUT2D eigenvalue weighted by molar-refractivity contribution is 0.133. The van der Waals surface area contributed by atoms with Gasteiger partial charge in [-0.2, -0.15) is 0 Å². The molecule has 29 heavy (non-hydrogen) atoms. The predicted molar refractivity (Wildman–Crippen MR) is 112 cm³/mol. The maximum atomic E-state index is 12.9. The molecule has 2 atom stereocenters. The van der Waals surface area contributed by atoms with E-state index in [1.54, 1.807) is 42.4 Å². The number of fused-ring (bicyclic) bond motifs is 1. The second-order valence-electron chi connectivity index (χ2n) is 7.23. The van der Waals surface area contributed by atoms with E-state index in [1.807, 2.05) is 18.2 Å². The minimum Gasteiger partial charge on any atom is -0.493 e. The molecule has 2 heterocycles. The van der Waals surface area contributed by atoms with Gasteiger partial charge in [-0.25, -0.2) is 4.79 Å². The number of nitrogens with one attached hydrogen (secondary N) is 1. The molecule has 152 valence electrons. The average molecular weight is 415 g/mol. The molecule has 0 aromatic heterocycles. The number of anilines is 1. The molecular formula is C22H23ClN2O4. The number of carbonyl (C=O) groups excluding carboxylic acids is 1. The van der Waals surface area contributed by atoms with Gasteiger partial charge in [-0.15, -0.1) is 0 Å². The van der Waals surface area contributed by atoms with Crippen molar-refractivity contribution in [1.82, 2.24) is 4.90 Å². The molecule has 2 amide bonds. The number of benzene rings is 2. The van der Waals surface area contributed by atoms with E-state index in [0.29, 0.717) is 48.1 Å². The number of ether oxygens (including phenoxy) is 2.